The highest BCUT2D eigenvalue weighted by atomic mass is 32.2. The van der Waals surface area contributed by atoms with Crippen molar-refractivity contribution >= 4 is 44.4 Å². The van der Waals surface area contributed by atoms with Crippen LogP contribution in [-0.2, 0) is 23.6 Å². The van der Waals surface area contributed by atoms with E-state index in [0.29, 0.717) is 42.3 Å². The highest BCUT2D eigenvalue weighted by molar-refractivity contribution is 7.90. The molecule has 12 heteroatoms. The number of aliphatic hydroxyl groups is 1. The normalized spacial score (nSPS) is 23.1. The molecule has 2 amide bonds. The lowest BCUT2D eigenvalue weighted by Crippen LogP contribution is -2.52. The van der Waals surface area contributed by atoms with E-state index < -0.39 is 26.8 Å². The molecule has 2 saturated heterocycles. The number of nitrogens with zero attached hydrogens (tertiary/aromatic N) is 4. The highest BCUT2D eigenvalue weighted by Crippen LogP contribution is 2.48. The average Bonchev–Trinajstić information content (AvgIpc) is 3.72. The fraction of sp³-hybridized carbons (Fsp3) is 0.488. The Labute approximate surface area is 311 Å². The van der Waals surface area contributed by atoms with E-state index in [1.54, 1.807) is 37.9 Å². The molecule has 11 nitrogen and oxygen atoms in total. The number of sulfonamides is 1. The van der Waals surface area contributed by atoms with Crippen molar-refractivity contribution in [1.29, 1.82) is 0 Å². The van der Waals surface area contributed by atoms with Gasteiger partial charge in [-0.3, -0.25) is 14.3 Å². The lowest BCUT2D eigenvalue weighted by atomic mass is 9.81. The Morgan fingerprint density at radius 2 is 1.72 bits per heavy atom. The van der Waals surface area contributed by atoms with E-state index in [1.165, 1.54) is 12.0 Å². The molecule has 2 aromatic heterocycles. The smallest absolute Gasteiger partial charge is 0.264 e. The van der Waals surface area contributed by atoms with E-state index >= 15 is 0 Å². The van der Waals surface area contributed by atoms with Crippen molar-refractivity contribution in [2.75, 3.05) is 7.11 Å². The number of carbonyl (C=O) groups excluding carboxylic acids is 2. The van der Waals surface area contributed by atoms with Crippen LogP contribution in [0.15, 0.2) is 42.6 Å². The standard InChI is InChI=1S/C41H49N5O6S/c1-24(2)53(50,51)43-39(47)26-11-15-33-35(19-26)45-23-28(17-27-18-31(52-5)14-16-32(27)38(45)36(33)25-9-7-6-8-10-25)37-34(22-42-44(37)4)40(48)46-29-12-13-30(46)21-41(3,49)20-29/h11,14-19,22,24-25,29-30,49H,6-10,12-13,20-21,23H2,1-5H3,(H,43,47). The van der Waals surface area contributed by atoms with Gasteiger partial charge < -0.3 is 19.3 Å². The van der Waals surface area contributed by atoms with Crippen LogP contribution in [0.3, 0.4) is 0 Å². The van der Waals surface area contributed by atoms with Crippen molar-refractivity contribution in [3.8, 4) is 17.0 Å². The third-order valence-corrected chi connectivity index (χ3v) is 13.8. The zero-order valence-corrected chi connectivity index (χ0v) is 32.0. The number of hydrogen-bond donors (Lipinski definition) is 2. The van der Waals surface area contributed by atoms with Gasteiger partial charge in [0.2, 0.25) is 10.0 Å². The number of ether oxygens (including phenoxy) is 1. The van der Waals surface area contributed by atoms with Crippen LogP contribution >= 0.6 is 0 Å². The number of piperidine rings is 1. The van der Waals surface area contributed by atoms with Gasteiger partial charge in [0.05, 0.1) is 47.7 Å². The number of hydrogen-bond acceptors (Lipinski definition) is 7. The van der Waals surface area contributed by atoms with Crippen molar-refractivity contribution in [2.45, 2.75) is 114 Å². The van der Waals surface area contributed by atoms with E-state index in [1.807, 2.05) is 43.1 Å². The van der Waals surface area contributed by atoms with Crippen LogP contribution in [0.2, 0.25) is 0 Å². The summed E-state index contributed by atoms with van der Waals surface area (Å²) >= 11 is 0. The van der Waals surface area contributed by atoms with E-state index in [0.717, 1.165) is 71.8 Å². The van der Waals surface area contributed by atoms with Crippen LogP contribution in [0.25, 0.3) is 33.8 Å². The summed E-state index contributed by atoms with van der Waals surface area (Å²) < 4.78 is 37.5. The summed E-state index contributed by atoms with van der Waals surface area (Å²) in [6.45, 7) is 5.34. The van der Waals surface area contributed by atoms with Gasteiger partial charge in [-0.15, -0.1) is 0 Å². The predicted molar refractivity (Wildman–Crippen MR) is 205 cm³/mol. The third kappa shape index (κ3) is 6.17. The zero-order valence-electron chi connectivity index (χ0n) is 31.2. The highest BCUT2D eigenvalue weighted by Gasteiger charge is 2.48. The van der Waals surface area contributed by atoms with Crippen LogP contribution < -0.4 is 9.46 Å². The maximum absolute atomic E-state index is 14.6. The molecule has 8 rings (SSSR count). The van der Waals surface area contributed by atoms with Crippen molar-refractivity contribution in [3.05, 3.63) is 70.5 Å². The topological polar surface area (TPSA) is 136 Å². The van der Waals surface area contributed by atoms with Crippen LogP contribution in [0.1, 0.15) is 122 Å². The number of aromatic nitrogens is 3. The largest absolute Gasteiger partial charge is 0.497 e. The molecule has 2 atom stereocenters. The number of amides is 2. The molecular weight excluding hydrogens is 691 g/mol. The second kappa shape index (κ2) is 13.2. The number of nitrogens with one attached hydrogen (secondary N) is 1. The first-order valence-corrected chi connectivity index (χ1v) is 20.5. The minimum Gasteiger partial charge on any atom is -0.497 e. The molecular formula is C41H49N5O6S. The first kappa shape index (κ1) is 35.6. The van der Waals surface area contributed by atoms with E-state index in [-0.39, 0.29) is 23.6 Å². The third-order valence-electron chi connectivity index (χ3n) is 12.1. The van der Waals surface area contributed by atoms with Gasteiger partial charge in [0, 0.05) is 41.2 Å². The Morgan fingerprint density at radius 3 is 2.40 bits per heavy atom. The summed E-state index contributed by atoms with van der Waals surface area (Å²) in [5.41, 5.74) is 6.69. The van der Waals surface area contributed by atoms with Gasteiger partial charge in [-0.2, -0.15) is 5.10 Å². The monoisotopic (exact) mass is 739 g/mol. The Hall–Kier alpha value is -4.42. The quantitative estimate of drug-likeness (QED) is 0.217. The molecule has 1 aliphatic carbocycles. The fourth-order valence-corrected chi connectivity index (χ4v) is 10.2. The van der Waals surface area contributed by atoms with Crippen molar-refractivity contribution < 1.29 is 27.9 Å². The van der Waals surface area contributed by atoms with Crippen LogP contribution in [-0.4, -0.2) is 74.6 Å². The Bertz CT molecular complexity index is 2260. The van der Waals surface area contributed by atoms with E-state index in [2.05, 4.69) is 26.5 Å². The Morgan fingerprint density at radius 1 is 1.00 bits per heavy atom. The molecule has 53 heavy (non-hydrogen) atoms. The molecule has 0 radical (unpaired) electrons. The number of benzene rings is 2. The molecule has 2 bridgehead atoms. The van der Waals surface area contributed by atoms with Gasteiger partial charge in [0.1, 0.15) is 5.75 Å². The minimum atomic E-state index is -3.84. The van der Waals surface area contributed by atoms with Crippen molar-refractivity contribution in [2.24, 2.45) is 7.05 Å². The van der Waals surface area contributed by atoms with Crippen molar-refractivity contribution in [1.82, 2.24) is 24.0 Å². The second-order valence-corrected chi connectivity index (χ2v) is 18.3. The summed E-state index contributed by atoms with van der Waals surface area (Å²) in [5, 5.41) is 15.9. The van der Waals surface area contributed by atoms with E-state index in [4.69, 9.17) is 4.74 Å². The molecule has 2 unspecified atom stereocenters. The maximum atomic E-state index is 14.6. The summed E-state index contributed by atoms with van der Waals surface area (Å²) in [6.07, 6.45) is 12.2. The first-order valence-electron chi connectivity index (χ1n) is 18.9. The Balaban J connectivity index is 1.31. The molecule has 4 aliphatic rings. The number of allylic oxidation sites excluding steroid dienone is 1. The van der Waals surface area contributed by atoms with Crippen LogP contribution in [0.4, 0.5) is 0 Å². The lowest BCUT2D eigenvalue weighted by Gasteiger charge is -2.42. The van der Waals surface area contributed by atoms with Gasteiger partial charge >= 0.3 is 0 Å². The number of aryl methyl sites for hydroxylation is 1. The minimum absolute atomic E-state index is 0.0282. The molecule has 280 valence electrons. The van der Waals surface area contributed by atoms with Crippen LogP contribution in [0.5, 0.6) is 5.75 Å². The van der Waals surface area contributed by atoms with Gasteiger partial charge in [0.25, 0.3) is 11.8 Å². The lowest BCUT2D eigenvalue weighted by molar-refractivity contribution is -0.0300. The fourth-order valence-electron chi connectivity index (χ4n) is 9.54. The van der Waals surface area contributed by atoms with Gasteiger partial charge in [-0.25, -0.2) is 13.1 Å². The average molecular weight is 740 g/mol. The SMILES string of the molecule is COc1ccc2c(c1)C=C(c1c(C(=O)N3C4CCC3CC(C)(O)C4)cnn1C)Cn1c-2c(C2CCCCC2)c2ccc(C(=O)NS(=O)(=O)C(C)C)cc21. The number of methoxy groups -OCH3 is 1. The summed E-state index contributed by atoms with van der Waals surface area (Å²) in [6, 6.07) is 11.6. The predicted octanol–water partition coefficient (Wildman–Crippen LogP) is 6.64. The summed E-state index contributed by atoms with van der Waals surface area (Å²) in [4.78, 5) is 30.1. The number of fused-ring (bicyclic) bond motifs is 7. The molecule has 1 saturated carbocycles. The Kier molecular flexibility index (Phi) is 8.84. The summed E-state index contributed by atoms with van der Waals surface area (Å²) in [5.74, 6) is 0.282. The first-order chi connectivity index (χ1) is 25.3. The van der Waals surface area contributed by atoms with Crippen molar-refractivity contribution in [3.63, 3.8) is 0 Å². The van der Waals surface area contributed by atoms with Crippen LogP contribution in [0, 0.1) is 0 Å². The number of carbonyl (C=O) groups is 2. The van der Waals surface area contributed by atoms with Gasteiger partial charge in [0.15, 0.2) is 0 Å². The molecule has 3 fully saturated rings. The van der Waals surface area contributed by atoms with Gasteiger partial charge in [-0.05, 0) is 118 Å². The molecule has 2 aromatic carbocycles. The molecule has 5 heterocycles. The zero-order chi connectivity index (χ0) is 37.4. The summed E-state index contributed by atoms with van der Waals surface area (Å²) in [7, 11) is -0.328. The van der Waals surface area contributed by atoms with Gasteiger partial charge in [-0.1, -0.05) is 25.3 Å². The number of rotatable bonds is 7. The molecule has 2 N–H and O–H groups in total. The molecule has 4 aromatic rings. The van der Waals surface area contributed by atoms with E-state index in [9.17, 15) is 23.1 Å². The molecule has 3 aliphatic heterocycles. The maximum Gasteiger partial charge on any atom is 0.264 e. The second-order valence-electron chi connectivity index (χ2n) is 16.1. The molecule has 0 spiro atoms.